The van der Waals surface area contributed by atoms with Gasteiger partial charge in [0.15, 0.2) is 0 Å². The first kappa shape index (κ1) is 19.4. The van der Waals surface area contributed by atoms with Gasteiger partial charge in [-0.3, -0.25) is 0 Å². The van der Waals surface area contributed by atoms with Gasteiger partial charge in [0, 0.05) is 45.0 Å². The molecule has 104 valence electrons. The van der Waals surface area contributed by atoms with Crippen LogP contribution in [0.4, 0.5) is 0 Å². The van der Waals surface area contributed by atoms with Crippen molar-refractivity contribution in [1.29, 1.82) is 0 Å². The molecule has 0 unspecified atom stereocenters. The van der Waals surface area contributed by atoms with Crippen LogP contribution in [0.25, 0.3) is 0 Å². The molecule has 0 heterocycles. The minimum Gasteiger partial charge on any atom is -0.179 e. The Morgan fingerprint density at radius 3 is 1.41 bits per heavy atom. The van der Waals surface area contributed by atoms with Crippen LogP contribution in [0.1, 0.15) is 0 Å². The van der Waals surface area contributed by atoms with Crippen LogP contribution in [0.5, 0.6) is 0 Å². The molecule has 0 saturated heterocycles. The highest BCUT2D eigenvalue weighted by atomic mass is 32.2. The van der Waals surface area contributed by atoms with Gasteiger partial charge in [0.2, 0.25) is 0 Å². The van der Waals surface area contributed by atoms with Crippen molar-refractivity contribution in [3.05, 3.63) is 0 Å². The average molecular weight is 367 g/mol. The van der Waals surface area contributed by atoms with E-state index in [4.69, 9.17) is 0 Å². The molecule has 0 radical (unpaired) electrons. The summed E-state index contributed by atoms with van der Waals surface area (Å²) in [4.78, 5) is 0. The van der Waals surface area contributed by atoms with E-state index in [1.54, 1.807) is 0 Å². The topological polar surface area (TPSA) is 0 Å². The molecular weight excluding hydrogens is 345 g/mol. The zero-order valence-corrected chi connectivity index (χ0v) is 15.9. The van der Waals surface area contributed by atoms with E-state index >= 15 is 0 Å². The summed E-state index contributed by atoms with van der Waals surface area (Å²) in [6.45, 7) is 0. The molecular formula is C10H22S7. The lowest BCUT2D eigenvalue weighted by molar-refractivity contribution is 1.12. The van der Waals surface area contributed by atoms with Crippen LogP contribution >= 0.6 is 85.8 Å². The normalized spacial score (nSPS) is 14.8. The largest absolute Gasteiger partial charge is 0.179 e. The van der Waals surface area contributed by atoms with Crippen molar-refractivity contribution >= 4 is 85.8 Å². The summed E-state index contributed by atoms with van der Waals surface area (Å²) < 4.78 is 0. The van der Waals surface area contributed by atoms with Gasteiger partial charge in [0.05, 0.1) is 0 Å². The van der Waals surface area contributed by atoms with Gasteiger partial charge < -0.3 is 0 Å². The third-order valence-corrected chi connectivity index (χ3v) is 8.52. The van der Waals surface area contributed by atoms with Crippen LogP contribution in [0, 0.1) is 0 Å². The highest BCUT2D eigenvalue weighted by Crippen LogP contribution is 2.22. The summed E-state index contributed by atoms with van der Waals surface area (Å²) in [5.41, 5.74) is 0. The van der Waals surface area contributed by atoms with Crippen LogP contribution < -0.4 is 0 Å². The molecule has 0 bridgehead atoms. The predicted molar refractivity (Wildman–Crippen MR) is 105 cm³/mol. The van der Waals surface area contributed by atoms with Gasteiger partial charge in [-0.05, 0) is 11.5 Å². The van der Waals surface area contributed by atoms with E-state index in [1.807, 2.05) is 35.3 Å². The van der Waals surface area contributed by atoms with E-state index in [9.17, 15) is 0 Å². The van der Waals surface area contributed by atoms with Crippen LogP contribution in [0.3, 0.4) is 0 Å². The van der Waals surface area contributed by atoms with Gasteiger partial charge in [0.25, 0.3) is 0 Å². The average Bonchev–Trinajstić information content (AvgIpc) is 2.37. The zero-order chi connectivity index (χ0) is 12.9. The predicted octanol–water partition coefficient (Wildman–Crippen LogP) is 3.64. The number of thiol groups is 4. The second-order valence-corrected chi connectivity index (χ2v) is 8.85. The summed E-state index contributed by atoms with van der Waals surface area (Å²) in [5.74, 6) is 8.45. The monoisotopic (exact) mass is 366 g/mol. The van der Waals surface area contributed by atoms with Crippen molar-refractivity contribution in [2.75, 3.05) is 46.0 Å². The molecule has 0 aliphatic heterocycles. The Bertz CT molecular complexity index is 140. The second kappa shape index (κ2) is 14.9. The Balaban J connectivity index is 3.61. The maximum Gasteiger partial charge on any atom is 0.0226 e. The SMILES string of the molecule is SCCS[C@H](CS)CSC[C@H](CS)SCCS. The molecule has 0 saturated carbocycles. The Hall–Kier alpha value is 2.45. The van der Waals surface area contributed by atoms with Crippen LogP contribution in [-0.4, -0.2) is 56.5 Å². The molecule has 0 aromatic heterocycles. The van der Waals surface area contributed by atoms with Crippen molar-refractivity contribution in [3.63, 3.8) is 0 Å². The van der Waals surface area contributed by atoms with Gasteiger partial charge in [0.1, 0.15) is 0 Å². The summed E-state index contributed by atoms with van der Waals surface area (Å²) in [7, 11) is 0. The van der Waals surface area contributed by atoms with E-state index in [1.165, 1.54) is 11.5 Å². The lowest BCUT2D eigenvalue weighted by Crippen LogP contribution is -2.14. The molecule has 0 aliphatic carbocycles. The first-order valence-electron chi connectivity index (χ1n) is 5.52. The first-order chi connectivity index (χ1) is 8.28. The van der Waals surface area contributed by atoms with E-state index in [2.05, 4.69) is 50.5 Å². The minimum absolute atomic E-state index is 0.658. The molecule has 2 atom stereocenters. The van der Waals surface area contributed by atoms with Gasteiger partial charge in [-0.2, -0.15) is 85.8 Å². The van der Waals surface area contributed by atoms with Crippen molar-refractivity contribution in [3.8, 4) is 0 Å². The number of thioether (sulfide) groups is 3. The number of hydrogen-bond donors (Lipinski definition) is 4. The summed E-state index contributed by atoms with van der Waals surface area (Å²) in [6, 6.07) is 0. The molecule has 0 N–H and O–H groups in total. The van der Waals surface area contributed by atoms with Crippen molar-refractivity contribution in [1.82, 2.24) is 0 Å². The molecule has 0 amide bonds. The highest BCUT2D eigenvalue weighted by molar-refractivity contribution is 8.05. The maximum absolute atomic E-state index is 4.40. The van der Waals surface area contributed by atoms with Crippen LogP contribution in [-0.2, 0) is 0 Å². The van der Waals surface area contributed by atoms with Crippen molar-refractivity contribution < 1.29 is 0 Å². The quantitative estimate of drug-likeness (QED) is 0.390. The fourth-order valence-corrected chi connectivity index (χ4v) is 6.28. The molecule has 0 spiro atoms. The van der Waals surface area contributed by atoms with E-state index in [0.717, 1.165) is 34.5 Å². The highest BCUT2D eigenvalue weighted by Gasteiger charge is 2.10. The lowest BCUT2D eigenvalue weighted by atomic mass is 10.5. The fourth-order valence-electron chi connectivity index (χ4n) is 1.08. The second-order valence-electron chi connectivity index (χ2n) is 3.34. The summed E-state index contributed by atoms with van der Waals surface area (Å²) in [5, 5.41) is 1.32. The molecule has 0 aliphatic rings. The fraction of sp³-hybridized carbons (Fsp3) is 1.00. The third-order valence-electron chi connectivity index (χ3n) is 1.90. The molecule has 0 aromatic carbocycles. The third kappa shape index (κ3) is 11.9. The zero-order valence-electron chi connectivity index (χ0n) is 9.83. The summed E-state index contributed by atoms with van der Waals surface area (Å²) >= 11 is 23.3. The molecule has 0 rings (SSSR count). The Kier molecular flexibility index (Phi) is 17.0. The van der Waals surface area contributed by atoms with Crippen molar-refractivity contribution in [2.24, 2.45) is 0 Å². The van der Waals surface area contributed by atoms with E-state index in [0.29, 0.717) is 10.5 Å². The van der Waals surface area contributed by atoms with Gasteiger partial charge >= 0.3 is 0 Å². The lowest BCUT2D eigenvalue weighted by Gasteiger charge is -2.16. The molecule has 0 aromatic rings. The molecule has 0 fully saturated rings. The van der Waals surface area contributed by atoms with Crippen molar-refractivity contribution in [2.45, 2.75) is 10.5 Å². The minimum atomic E-state index is 0.658. The maximum atomic E-state index is 4.40. The van der Waals surface area contributed by atoms with Gasteiger partial charge in [-0.15, -0.1) is 0 Å². The Morgan fingerprint density at radius 1 is 0.706 bits per heavy atom. The number of rotatable bonds is 12. The van der Waals surface area contributed by atoms with E-state index in [-0.39, 0.29) is 0 Å². The van der Waals surface area contributed by atoms with Gasteiger partial charge in [-0.1, -0.05) is 0 Å². The van der Waals surface area contributed by atoms with Crippen LogP contribution in [0.15, 0.2) is 0 Å². The van der Waals surface area contributed by atoms with E-state index < -0.39 is 0 Å². The number of hydrogen-bond acceptors (Lipinski definition) is 7. The summed E-state index contributed by atoms with van der Waals surface area (Å²) in [6.07, 6.45) is 0. The standard InChI is InChI=1S/C10H22S7/c11-1-3-16-9(5-13)7-15-8-10(6-14)17-4-2-12/h9-14H,1-8H2/t9-,10+. The van der Waals surface area contributed by atoms with Crippen LogP contribution in [0.2, 0.25) is 0 Å². The Morgan fingerprint density at radius 2 is 1.12 bits per heavy atom. The molecule has 0 nitrogen and oxygen atoms in total. The smallest absolute Gasteiger partial charge is 0.0226 e. The molecule has 17 heavy (non-hydrogen) atoms. The Labute approximate surface area is 141 Å². The molecule has 7 heteroatoms. The van der Waals surface area contributed by atoms with Gasteiger partial charge in [-0.25, -0.2) is 0 Å². The first-order valence-corrected chi connectivity index (χ1v) is 11.3.